The summed E-state index contributed by atoms with van der Waals surface area (Å²) in [6.07, 6.45) is 4.64. The lowest BCUT2D eigenvalue weighted by atomic mass is 9.82. The number of nitrogens with zero attached hydrogens (tertiary/aromatic N) is 4. The summed E-state index contributed by atoms with van der Waals surface area (Å²) in [7, 11) is 0. The van der Waals surface area contributed by atoms with Gasteiger partial charge in [-0.25, -0.2) is 0 Å². The van der Waals surface area contributed by atoms with Crippen LogP contribution < -0.4 is 0 Å². The van der Waals surface area contributed by atoms with Crippen LogP contribution in [0.2, 0.25) is 0 Å². The molecule has 4 aliphatic rings. The van der Waals surface area contributed by atoms with Crippen LogP contribution in [0.4, 0.5) is 0 Å². The Kier molecular flexibility index (Phi) is 5.65. The number of amides is 4. The lowest BCUT2D eigenvalue weighted by molar-refractivity contribution is 0.0582. The Morgan fingerprint density at radius 2 is 0.682 bits per heavy atom. The largest absolute Gasteiger partial charge is 0.302 e. The number of benzene rings is 5. The lowest BCUT2D eigenvalue weighted by Crippen LogP contribution is -2.44. The van der Waals surface area contributed by atoms with E-state index in [0.29, 0.717) is 59.2 Å². The van der Waals surface area contributed by atoms with Gasteiger partial charge in [-0.05, 0) is 108 Å². The van der Waals surface area contributed by atoms with Gasteiger partial charge in [0, 0.05) is 59.2 Å². The second kappa shape index (κ2) is 9.55. The summed E-state index contributed by atoms with van der Waals surface area (Å²) in [6.45, 7) is 6.20. The van der Waals surface area contributed by atoms with Crippen LogP contribution in [0.5, 0.6) is 0 Å². The van der Waals surface area contributed by atoms with Crippen LogP contribution in [-0.4, -0.2) is 95.6 Å². The van der Waals surface area contributed by atoms with Crippen LogP contribution in [0.3, 0.4) is 0 Å². The van der Waals surface area contributed by atoms with Crippen molar-refractivity contribution in [1.29, 1.82) is 0 Å². The van der Waals surface area contributed by atoms with E-state index in [1.54, 1.807) is 0 Å². The molecule has 4 aliphatic heterocycles. The normalized spacial score (nSPS) is 19.4. The van der Waals surface area contributed by atoms with Crippen molar-refractivity contribution < 1.29 is 19.2 Å². The molecule has 2 fully saturated rings. The summed E-state index contributed by atoms with van der Waals surface area (Å²) in [5.74, 6) is -0.975. The van der Waals surface area contributed by atoms with E-state index in [2.05, 4.69) is 9.80 Å². The van der Waals surface area contributed by atoms with Gasteiger partial charge in [0.05, 0.1) is 0 Å². The molecular weight excluding hydrogens is 552 g/mol. The van der Waals surface area contributed by atoms with Crippen molar-refractivity contribution in [2.24, 2.45) is 0 Å². The van der Waals surface area contributed by atoms with Crippen molar-refractivity contribution in [2.45, 2.75) is 25.7 Å². The first-order valence-corrected chi connectivity index (χ1v) is 15.9. The highest BCUT2D eigenvalue weighted by Gasteiger charge is 2.37. The minimum atomic E-state index is -0.244. The van der Waals surface area contributed by atoms with Gasteiger partial charge >= 0.3 is 0 Å². The van der Waals surface area contributed by atoms with Gasteiger partial charge in [-0.2, -0.15) is 0 Å². The van der Waals surface area contributed by atoms with E-state index >= 15 is 0 Å². The van der Waals surface area contributed by atoms with E-state index in [-0.39, 0.29) is 23.6 Å². The number of carbonyl (C=O) groups excluding carboxylic acids is 4. The second-order valence-corrected chi connectivity index (χ2v) is 12.8. The van der Waals surface area contributed by atoms with E-state index in [9.17, 15) is 19.2 Å². The van der Waals surface area contributed by atoms with Crippen LogP contribution in [0.25, 0.3) is 43.1 Å². The molecule has 8 heteroatoms. The highest BCUT2D eigenvalue weighted by molar-refractivity contribution is 6.41. The number of rotatable bonds is 6. The van der Waals surface area contributed by atoms with Gasteiger partial charge in [0.1, 0.15) is 0 Å². The highest BCUT2D eigenvalue weighted by atomic mass is 16.2. The summed E-state index contributed by atoms with van der Waals surface area (Å²) in [6, 6.07) is 15.3. The zero-order valence-corrected chi connectivity index (χ0v) is 24.5. The summed E-state index contributed by atoms with van der Waals surface area (Å²) >= 11 is 0. The maximum Gasteiger partial charge on any atom is 0.261 e. The molecule has 2 saturated heterocycles. The highest BCUT2D eigenvalue weighted by Crippen LogP contribution is 2.46. The zero-order valence-electron chi connectivity index (χ0n) is 24.5. The fourth-order valence-corrected chi connectivity index (χ4v) is 8.27. The minimum absolute atomic E-state index is 0.244. The molecule has 0 unspecified atom stereocenters. The molecule has 5 aromatic carbocycles. The van der Waals surface area contributed by atoms with E-state index < -0.39 is 0 Å². The number of hydrogen-bond donors (Lipinski definition) is 0. The Balaban J connectivity index is 1.18. The van der Waals surface area contributed by atoms with Crippen LogP contribution in [0.1, 0.15) is 67.1 Å². The first-order valence-electron chi connectivity index (χ1n) is 15.9. The number of fused-ring (bicyclic) bond motifs is 2. The number of carbonyl (C=O) groups is 4. The van der Waals surface area contributed by atoms with Gasteiger partial charge in [0.15, 0.2) is 0 Å². The topological polar surface area (TPSA) is 81.2 Å². The van der Waals surface area contributed by atoms with Crippen molar-refractivity contribution in [1.82, 2.24) is 19.6 Å². The predicted molar refractivity (Wildman–Crippen MR) is 170 cm³/mol. The number of hydrogen-bond acceptors (Lipinski definition) is 6. The number of likely N-dealkylation sites (tertiary alicyclic amines) is 2. The van der Waals surface area contributed by atoms with Crippen LogP contribution in [-0.2, 0) is 0 Å². The molecule has 5 aromatic rings. The fourth-order valence-electron chi connectivity index (χ4n) is 8.27. The Bertz CT molecular complexity index is 1820. The third-order valence-electron chi connectivity index (χ3n) is 10.5. The summed E-state index contributed by atoms with van der Waals surface area (Å²) < 4.78 is 0. The average molecular weight is 585 g/mol. The van der Waals surface area contributed by atoms with Crippen molar-refractivity contribution in [2.75, 3.05) is 52.4 Å². The molecular formula is C36H32N4O4. The standard InChI is InChI=1S/C36H32N4O4/c41-33-25-9-5-21-23-7-11-27-32-28(36(44)40(35(27)43)20-18-38-15-3-4-16-38)12-8-24(30(23)32)22-6-10-26(31(25)29(21)22)34(42)39(33)19-17-37-13-1-2-14-37/h5-12H,1-4,13-20H2. The van der Waals surface area contributed by atoms with E-state index in [0.717, 1.165) is 84.2 Å². The summed E-state index contributed by atoms with van der Waals surface area (Å²) in [5.41, 5.74) is 2.20. The molecule has 4 heterocycles. The van der Waals surface area contributed by atoms with E-state index in [1.807, 2.05) is 48.5 Å². The molecule has 9 rings (SSSR count). The molecule has 8 nitrogen and oxygen atoms in total. The van der Waals surface area contributed by atoms with Gasteiger partial charge in [0.25, 0.3) is 23.6 Å². The van der Waals surface area contributed by atoms with Crippen LogP contribution in [0, 0.1) is 0 Å². The molecule has 220 valence electrons. The molecule has 0 bridgehead atoms. The Morgan fingerprint density at radius 3 is 0.977 bits per heavy atom. The van der Waals surface area contributed by atoms with E-state index in [4.69, 9.17) is 0 Å². The monoisotopic (exact) mass is 584 g/mol. The molecule has 0 aliphatic carbocycles. The zero-order chi connectivity index (χ0) is 29.7. The summed E-state index contributed by atoms with van der Waals surface area (Å²) in [5, 5.41) is 6.84. The first-order chi connectivity index (χ1) is 21.5. The number of imide groups is 2. The van der Waals surface area contributed by atoms with Crippen molar-refractivity contribution in [3.63, 3.8) is 0 Å². The molecule has 44 heavy (non-hydrogen) atoms. The molecule has 0 aromatic heterocycles. The average Bonchev–Trinajstić information content (AvgIpc) is 3.77. The van der Waals surface area contributed by atoms with Gasteiger partial charge in [-0.15, -0.1) is 0 Å². The van der Waals surface area contributed by atoms with Crippen LogP contribution in [0.15, 0.2) is 48.5 Å². The molecule has 4 amide bonds. The summed E-state index contributed by atoms with van der Waals surface area (Å²) in [4.78, 5) is 62.5. The van der Waals surface area contributed by atoms with E-state index in [1.165, 1.54) is 9.80 Å². The molecule has 0 radical (unpaired) electrons. The Morgan fingerprint density at radius 1 is 0.386 bits per heavy atom. The lowest BCUT2D eigenvalue weighted by Gasteiger charge is -2.31. The first kappa shape index (κ1) is 26.0. The quantitative estimate of drug-likeness (QED) is 0.157. The van der Waals surface area contributed by atoms with Gasteiger partial charge in [-0.1, -0.05) is 24.3 Å². The minimum Gasteiger partial charge on any atom is -0.302 e. The predicted octanol–water partition coefficient (Wildman–Crippen LogP) is 5.12. The molecule has 0 saturated carbocycles. The smallest absolute Gasteiger partial charge is 0.261 e. The van der Waals surface area contributed by atoms with Gasteiger partial charge in [0.2, 0.25) is 0 Å². The van der Waals surface area contributed by atoms with Gasteiger partial charge < -0.3 is 9.80 Å². The van der Waals surface area contributed by atoms with Gasteiger partial charge in [-0.3, -0.25) is 29.0 Å². The maximum atomic E-state index is 13.8. The molecule has 0 spiro atoms. The molecule has 0 N–H and O–H groups in total. The Hall–Kier alpha value is -4.40. The van der Waals surface area contributed by atoms with Crippen molar-refractivity contribution in [3.8, 4) is 0 Å². The Labute approximate surface area is 254 Å². The van der Waals surface area contributed by atoms with Crippen LogP contribution >= 0.6 is 0 Å². The maximum absolute atomic E-state index is 13.8. The fraction of sp³-hybridized carbons (Fsp3) is 0.333. The third-order valence-corrected chi connectivity index (χ3v) is 10.5. The van der Waals surface area contributed by atoms with Crippen molar-refractivity contribution >= 4 is 66.7 Å². The second-order valence-electron chi connectivity index (χ2n) is 12.8. The molecule has 0 atom stereocenters. The third kappa shape index (κ3) is 3.52. The van der Waals surface area contributed by atoms with Crippen molar-refractivity contribution in [3.05, 3.63) is 70.8 Å². The SMILES string of the molecule is O=C1c2ccc3c4ccc5c6c(ccc(c7ccc(c2c37)C(=O)N1CCN1CCCC1)c64)C(=O)N(CCN1CCCC1)C5=O.